The zero-order chi connectivity index (χ0) is 15.8. The van der Waals surface area contributed by atoms with Gasteiger partial charge in [0.1, 0.15) is 17.9 Å². The maximum absolute atomic E-state index is 11.7. The lowest BCUT2D eigenvalue weighted by molar-refractivity contribution is 0.0957. The van der Waals surface area contributed by atoms with Crippen molar-refractivity contribution < 1.29 is 9.53 Å². The van der Waals surface area contributed by atoms with Gasteiger partial charge >= 0.3 is 0 Å². The number of H-pyrrole nitrogens is 1. The predicted octanol–water partition coefficient (Wildman–Crippen LogP) is 1.50. The Kier molecular flexibility index (Phi) is 5.38. The minimum absolute atomic E-state index is 0.0699. The fraction of sp³-hybridized carbons (Fsp3) is 0.176. The number of hydrogen-bond acceptors (Lipinski definition) is 3. The SMILES string of the molecule is Cc1ccccc1OCC#CCNC(=O)c1ccc[nH]c1=O. The Morgan fingerprint density at radius 1 is 1.23 bits per heavy atom. The Labute approximate surface area is 128 Å². The summed E-state index contributed by atoms with van der Waals surface area (Å²) < 4.78 is 5.51. The summed E-state index contributed by atoms with van der Waals surface area (Å²) in [5, 5.41) is 2.56. The number of amides is 1. The Balaban J connectivity index is 1.78. The molecule has 1 amide bonds. The molecule has 1 aromatic carbocycles. The molecule has 22 heavy (non-hydrogen) atoms. The van der Waals surface area contributed by atoms with Crippen molar-refractivity contribution in [1.82, 2.24) is 10.3 Å². The molecule has 5 nitrogen and oxygen atoms in total. The monoisotopic (exact) mass is 296 g/mol. The molecule has 0 fully saturated rings. The number of carbonyl (C=O) groups excluding carboxylic acids is 1. The van der Waals surface area contributed by atoms with Crippen LogP contribution in [0.1, 0.15) is 15.9 Å². The quantitative estimate of drug-likeness (QED) is 0.840. The summed E-state index contributed by atoms with van der Waals surface area (Å²) in [5.74, 6) is 5.93. The highest BCUT2D eigenvalue weighted by Gasteiger charge is 2.07. The fourth-order valence-corrected chi connectivity index (χ4v) is 1.77. The second-order valence-electron chi connectivity index (χ2n) is 4.50. The van der Waals surface area contributed by atoms with Gasteiger partial charge in [-0.25, -0.2) is 0 Å². The number of aryl methyl sites for hydroxylation is 1. The molecule has 5 heteroatoms. The lowest BCUT2D eigenvalue weighted by Crippen LogP contribution is -2.29. The van der Waals surface area contributed by atoms with E-state index in [1.807, 2.05) is 31.2 Å². The van der Waals surface area contributed by atoms with E-state index in [1.54, 1.807) is 6.07 Å². The Hall–Kier alpha value is -3.00. The summed E-state index contributed by atoms with van der Waals surface area (Å²) in [6, 6.07) is 10.7. The number of aromatic nitrogens is 1. The first-order chi connectivity index (χ1) is 10.7. The largest absolute Gasteiger partial charge is 0.481 e. The van der Waals surface area contributed by atoms with Gasteiger partial charge in [-0.3, -0.25) is 9.59 Å². The molecule has 2 rings (SSSR count). The van der Waals surface area contributed by atoms with Gasteiger partial charge in [0.05, 0.1) is 6.54 Å². The molecule has 0 aliphatic carbocycles. The molecule has 0 saturated heterocycles. The van der Waals surface area contributed by atoms with Crippen molar-refractivity contribution in [1.29, 1.82) is 0 Å². The van der Waals surface area contributed by atoms with E-state index >= 15 is 0 Å². The minimum atomic E-state index is -0.448. The molecule has 2 aromatic rings. The summed E-state index contributed by atoms with van der Waals surface area (Å²) in [6.07, 6.45) is 1.47. The standard InChI is InChI=1S/C17H16N2O3/c1-13-7-2-3-9-15(13)22-12-5-4-10-18-16(20)14-8-6-11-19-17(14)21/h2-3,6-9,11H,10,12H2,1H3,(H,18,20)(H,19,21). The van der Waals surface area contributed by atoms with E-state index in [9.17, 15) is 9.59 Å². The smallest absolute Gasteiger partial charge is 0.260 e. The number of para-hydroxylation sites is 1. The molecule has 0 spiro atoms. The number of nitrogens with one attached hydrogen (secondary N) is 2. The van der Waals surface area contributed by atoms with Crippen LogP contribution in [0.25, 0.3) is 0 Å². The molecule has 0 aliphatic rings. The van der Waals surface area contributed by atoms with Gasteiger partial charge in [0.2, 0.25) is 0 Å². The van der Waals surface area contributed by atoms with Crippen molar-refractivity contribution in [3.05, 3.63) is 64.1 Å². The number of pyridine rings is 1. The van der Waals surface area contributed by atoms with Gasteiger partial charge in [0.25, 0.3) is 11.5 Å². The van der Waals surface area contributed by atoms with Crippen molar-refractivity contribution >= 4 is 5.91 Å². The lowest BCUT2D eigenvalue weighted by Gasteiger charge is -2.04. The van der Waals surface area contributed by atoms with Gasteiger partial charge in [-0.2, -0.15) is 0 Å². The van der Waals surface area contributed by atoms with Crippen molar-refractivity contribution in [3.63, 3.8) is 0 Å². The maximum atomic E-state index is 11.7. The third kappa shape index (κ3) is 4.25. The molecular weight excluding hydrogens is 280 g/mol. The number of benzene rings is 1. The van der Waals surface area contributed by atoms with E-state index in [4.69, 9.17) is 4.74 Å². The number of ether oxygens (including phenoxy) is 1. The van der Waals surface area contributed by atoms with Crippen LogP contribution in [0.3, 0.4) is 0 Å². The molecule has 2 N–H and O–H groups in total. The topological polar surface area (TPSA) is 71.2 Å². The second kappa shape index (κ2) is 7.70. The molecule has 112 valence electrons. The number of aromatic amines is 1. The second-order valence-corrected chi connectivity index (χ2v) is 4.50. The van der Waals surface area contributed by atoms with Crippen molar-refractivity contribution in [2.75, 3.05) is 13.2 Å². The summed E-state index contributed by atoms with van der Waals surface area (Å²) in [4.78, 5) is 25.6. The zero-order valence-corrected chi connectivity index (χ0v) is 12.2. The van der Waals surface area contributed by atoms with E-state index in [0.717, 1.165) is 11.3 Å². The third-order valence-electron chi connectivity index (χ3n) is 2.92. The fourth-order valence-electron chi connectivity index (χ4n) is 1.77. The van der Waals surface area contributed by atoms with Crippen LogP contribution >= 0.6 is 0 Å². The highest BCUT2D eigenvalue weighted by molar-refractivity contribution is 5.93. The normalized spacial score (nSPS) is 9.50. The van der Waals surface area contributed by atoms with E-state index < -0.39 is 11.5 Å². The highest BCUT2D eigenvalue weighted by atomic mass is 16.5. The van der Waals surface area contributed by atoms with E-state index in [2.05, 4.69) is 22.1 Å². The van der Waals surface area contributed by atoms with Crippen molar-refractivity contribution in [3.8, 4) is 17.6 Å². The first-order valence-electron chi connectivity index (χ1n) is 6.78. The first kappa shape index (κ1) is 15.4. The highest BCUT2D eigenvalue weighted by Crippen LogP contribution is 2.15. The molecule has 0 unspecified atom stereocenters. The number of hydrogen-bond donors (Lipinski definition) is 2. The van der Waals surface area contributed by atoms with Gasteiger partial charge in [0, 0.05) is 6.20 Å². The lowest BCUT2D eigenvalue weighted by atomic mass is 10.2. The van der Waals surface area contributed by atoms with Crippen LogP contribution < -0.4 is 15.6 Å². The average Bonchev–Trinajstić information content (AvgIpc) is 2.52. The van der Waals surface area contributed by atoms with E-state index in [-0.39, 0.29) is 18.7 Å². The zero-order valence-electron chi connectivity index (χ0n) is 12.2. The Morgan fingerprint density at radius 2 is 2.05 bits per heavy atom. The van der Waals surface area contributed by atoms with Crippen molar-refractivity contribution in [2.24, 2.45) is 0 Å². The molecule has 0 saturated carbocycles. The Bertz CT molecular complexity index is 769. The molecule has 0 atom stereocenters. The molecule has 1 aromatic heterocycles. The molecule has 0 aliphatic heterocycles. The molecular formula is C17H16N2O3. The summed E-state index contributed by atoms with van der Waals surface area (Å²) in [5.41, 5.74) is 0.692. The van der Waals surface area contributed by atoms with Gasteiger partial charge in [-0.15, -0.1) is 0 Å². The van der Waals surface area contributed by atoms with Crippen LogP contribution in [0, 0.1) is 18.8 Å². The maximum Gasteiger partial charge on any atom is 0.260 e. The van der Waals surface area contributed by atoms with Crippen LogP contribution in [-0.2, 0) is 0 Å². The third-order valence-corrected chi connectivity index (χ3v) is 2.92. The molecule has 1 heterocycles. The average molecular weight is 296 g/mol. The van der Waals surface area contributed by atoms with E-state index in [1.165, 1.54) is 12.3 Å². The number of rotatable bonds is 4. The van der Waals surface area contributed by atoms with Crippen LogP contribution in [0.4, 0.5) is 0 Å². The van der Waals surface area contributed by atoms with Gasteiger partial charge in [-0.1, -0.05) is 30.0 Å². The van der Waals surface area contributed by atoms with Gasteiger partial charge in [-0.05, 0) is 30.7 Å². The first-order valence-corrected chi connectivity index (χ1v) is 6.78. The Morgan fingerprint density at radius 3 is 2.82 bits per heavy atom. The van der Waals surface area contributed by atoms with Crippen molar-refractivity contribution in [2.45, 2.75) is 6.92 Å². The summed E-state index contributed by atoms with van der Waals surface area (Å²) in [7, 11) is 0. The van der Waals surface area contributed by atoms with Crippen LogP contribution in [-0.4, -0.2) is 24.0 Å². The van der Waals surface area contributed by atoms with Crippen LogP contribution in [0.5, 0.6) is 5.75 Å². The van der Waals surface area contributed by atoms with Crippen LogP contribution in [0.2, 0.25) is 0 Å². The minimum Gasteiger partial charge on any atom is -0.481 e. The van der Waals surface area contributed by atoms with Gasteiger partial charge < -0.3 is 15.0 Å². The molecule has 0 bridgehead atoms. The number of carbonyl (C=O) groups is 1. The van der Waals surface area contributed by atoms with E-state index in [0.29, 0.717) is 0 Å². The predicted molar refractivity (Wildman–Crippen MR) is 83.8 cm³/mol. The van der Waals surface area contributed by atoms with Crippen LogP contribution in [0.15, 0.2) is 47.4 Å². The summed E-state index contributed by atoms with van der Waals surface area (Å²) in [6.45, 7) is 2.36. The van der Waals surface area contributed by atoms with Gasteiger partial charge in [0.15, 0.2) is 0 Å². The molecule has 0 radical (unpaired) electrons. The summed E-state index contributed by atoms with van der Waals surface area (Å²) >= 11 is 0.